The predicted molar refractivity (Wildman–Crippen MR) is 89.3 cm³/mol. The molecule has 0 spiro atoms. The molecule has 2 aliphatic heterocycles. The molecule has 1 amide bonds. The van der Waals surface area contributed by atoms with Crippen LogP contribution in [0.3, 0.4) is 0 Å². The lowest BCUT2D eigenvalue weighted by atomic mass is 9.68. The molecule has 1 aliphatic carbocycles. The topological polar surface area (TPSA) is 57.3 Å². The summed E-state index contributed by atoms with van der Waals surface area (Å²) in [7, 11) is 0. The summed E-state index contributed by atoms with van der Waals surface area (Å²) >= 11 is 6.63. The maximum atomic E-state index is 13.1. The number of amides is 1. The van der Waals surface area contributed by atoms with Gasteiger partial charge in [0, 0.05) is 41.8 Å². The van der Waals surface area contributed by atoms with Gasteiger partial charge in [0.15, 0.2) is 0 Å². The van der Waals surface area contributed by atoms with E-state index < -0.39 is 30.6 Å². The van der Waals surface area contributed by atoms with E-state index in [1.54, 1.807) is 12.3 Å². The first-order valence-electron chi connectivity index (χ1n) is 8.76. The monoisotopic (exact) mass is 388 g/mol. The fourth-order valence-corrected chi connectivity index (χ4v) is 5.17. The van der Waals surface area contributed by atoms with Gasteiger partial charge in [-0.2, -0.15) is 13.2 Å². The maximum absolute atomic E-state index is 13.1. The van der Waals surface area contributed by atoms with Gasteiger partial charge in [-0.3, -0.25) is 20.6 Å². The lowest BCUT2D eigenvalue weighted by Crippen LogP contribution is -2.64. The van der Waals surface area contributed by atoms with Crippen LogP contribution in [0.15, 0.2) is 24.4 Å². The number of fused-ring (bicyclic) bond motifs is 3. The highest BCUT2D eigenvalue weighted by molar-refractivity contribution is 6.21. The summed E-state index contributed by atoms with van der Waals surface area (Å²) in [6.07, 6.45) is -1.83. The van der Waals surface area contributed by atoms with Crippen LogP contribution in [0, 0.1) is 11.8 Å². The first kappa shape index (κ1) is 18.0. The number of aromatic nitrogens is 1. The molecule has 5 nitrogen and oxygen atoms in total. The van der Waals surface area contributed by atoms with E-state index in [0.29, 0.717) is 19.4 Å². The number of carbonyl (C=O) groups is 1. The summed E-state index contributed by atoms with van der Waals surface area (Å²) in [5.41, 5.74) is 6.80. The van der Waals surface area contributed by atoms with Crippen molar-refractivity contribution in [2.45, 2.75) is 42.4 Å². The Hall–Kier alpha value is -1.38. The Kier molecular flexibility index (Phi) is 4.61. The summed E-state index contributed by atoms with van der Waals surface area (Å²) in [5, 5.41) is -0.227. The van der Waals surface area contributed by atoms with Crippen molar-refractivity contribution in [1.29, 1.82) is 0 Å². The molecule has 4 rings (SSSR count). The third-order valence-electron chi connectivity index (χ3n) is 5.83. The molecule has 0 aromatic carbocycles. The number of piperidine rings is 1. The molecule has 0 radical (unpaired) electrons. The smallest absolute Gasteiger partial charge is 0.330 e. The van der Waals surface area contributed by atoms with Crippen LogP contribution in [-0.2, 0) is 4.79 Å². The molecule has 3 fully saturated rings. The van der Waals surface area contributed by atoms with Crippen LogP contribution in [0.5, 0.6) is 0 Å². The van der Waals surface area contributed by atoms with Crippen LogP contribution in [0.4, 0.5) is 13.2 Å². The Labute approximate surface area is 154 Å². The van der Waals surface area contributed by atoms with Gasteiger partial charge in [-0.15, -0.1) is 11.6 Å². The highest BCUT2D eigenvalue weighted by Crippen LogP contribution is 2.46. The van der Waals surface area contributed by atoms with Crippen molar-refractivity contribution in [2.75, 3.05) is 13.1 Å². The minimum atomic E-state index is -4.43. The van der Waals surface area contributed by atoms with Gasteiger partial charge in [0.25, 0.3) is 0 Å². The second kappa shape index (κ2) is 6.65. The first-order valence-corrected chi connectivity index (χ1v) is 9.19. The van der Waals surface area contributed by atoms with E-state index in [2.05, 4.69) is 15.8 Å². The van der Waals surface area contributed by atoms with E-state index in [1.807, 2.05) is 12.1 Å². The zero-order chi connectivity index (χ0) is 18.5. The quantitative estimate of drug-likeness (QED) is 0.761. The van der Waals surface area contributed by atoms with Crippen molar-refractivity contribution in [1.82, 2.24) is 20.7 Å². The number of hydrazine groups is 1. The zero-order valence-electron chi connectivity index (χ0n) is 13.9. The molecular formula is C17H20ClF3N4O. The minimum Gasteiger partial charge on any atom is -0.330 e. The Morgan fingerprint density at radius 1 is 1.27 bits per heavy atom. The maximum Gasteiger partial charge on any atom is 0.406 e. The SMILES string of the molecule is O=C1C2CNNC2C2CC(Cl)C(c3ccccn3)CC2N1CC(F)(F)F. The van der Waals surface area contributed by atoms with Crippen LogP contribution < -0.4 is 10.9 Å². The molecule has 1 aromatic rings. The number of likely N-dealkylation sites (tertiary alicyclic amines) is 1. The third kappa shape index (κ3) is 3.18. The van der Waals surface area contributed by atoms with E-state index in [4.69, 9.17) is 11.6 Å². The Morgan fingerprint density at radius 2 is 2.08 bits per heavy atom. The van der Waals surface area contributed by atoms with E-state index in [1.165, 1.54) is 0 Å². The molecule has 6 atom stereocenters. The van der Waals surface area contributed by atoms with Gasteiger partial charge in [0.05, 0.1) is 5.92 Å². The highest BCUT2D eigenvalue weighted by atomic mass is 35.5. The number of alkyl halides is 4. The summed E-state index contributed by atoms with van der Waals surface area (Å²) < 4.78 is 39.4. The van der Waals surface area contributed by atoms with Gasteiger partial charge in [-0.1, -0.05) is 6.07 Å². The number of halogens is 4. The molecular weight excluding hydrogens is 369 g/mol. The molecule has 26 heavy (non-hydrogen) atoms. The number of nitrogens with one attached hydrogen (secondary N) is 2. The van der Waals surface area contributed by atoms with Crippen molar-refractivity contribution in [2.24, 2.45) is 11.8 Å². The second-order valence-electron chi connectivity index (χ2n) is 7.32. The van der Waals surface area contributed by atoms with E-state index >= 15 is 0 Å². The number of nitrogens with zero attached hydrogens (tertiary/aromatic N) is 2. The van der Waals surface area contributed by atoms with Crippen molar-refractivity contribution >= 4 is 17.5 Å². The number of carbonyl (C=O) groups excluding carboxylic acids is 1. The predicted octanol–water partition coefficient (Wildman–Crippen LogP) is 2.05. The molecule has 6 unspecified atom stereocenters. The van der Waals surface area contributed by atoms with Crippen LogP contribution >= 0.6 is 11.6 Å². The summed E-state index contributed by atoms with van der Waals surface area (Å²) in [6.45, 7) is -0.865. The molecule has 3 aliphatic rings. The van der Waals surface area contributed by atoms with E-state index in [9.17, 15) is 18.0 Å². The van der Waals surface area contributed by atoms with Crippen molar-refractivity contribution in [3.05, 3.63) is 30.1 Å². The number of hydrogen-bond donors (Lipinski definition) is 2. The average Bonchev–Trinajstić information content (AvgIpc) is 3.08. The number of rotatable bonds is 2. The Bertz CT molecular complexity index is 674. The third-order valence-corrected chi connectivity index (χ3v) is 6.31. The summed E-state index contributed by atoms with van der Waals surface area (Å²) in [5.74, 6) is -1.20. The standard InChI is InChI=1S/C17H20ClF3N4O/c18-12-5-10-14(6-9(12)13-3-1-2-4-22-13)25(8-17(19,20)21)16(26)11-7-23-24-15(10)11/h1-4,9-12,14-15,23-24H,5-8H2. The van der Waals surface area contributed by atoms with Gasteiger partial charge in [-0.05, 0) is 30.9 Å². The van der Waals surface area contributed by atoms with Crippen molar-refractivity contribution < 1.29 is 18.0 Å². The van der Waals surface area contributed by atoms with Crippen molar-refractivity contribution in [3.8, 4) is 0 Å². The Morgan fingerprint density at radius 3 is 2.77 bits per heavy atom. The van der Waals surface area contributed by atoms with Crippen LogP contribution in [0.2, 0.25) is 0 Å². The highest BCUT2D eigenvalue weighted by Gasteiger charge is 2.55. The average molecular weight is 389 g/mol. The number of pyridine rings is 1. The van der Waals surface area contributed by atoms with Gasteiger partial charge in [-0.25, -0.2) is 0 Å². The molecule has 1 saturated carbocycles. The van der Waals surface area contributed by atoms with Gasteiger partial charge in [0.2, 0.25) is 5.91 Å². The number of hydrogen-bond acceptors (Lipinski definition) is 4. The molecule has 2 saturated heterocycles. The minimum absolute atomic E-state index is 0.113. The molecule has 1 aromatic heterocycles. The summed E-state index contributed by atoms with van der Waals surface area (Å²) in [6, 6.07) is 4.80. The fraction of sp³-hybridized carbons (Fsp3) is 0.647. The van der Waals surface area contributed by atoms with Crippen LogP contribution in [0.25, 0.3) is 0 Å². The van der Waals surface area contributed by atoms with Crippen molar-refractivity contribution in [3.63, 3.8) is 0 Å². The van der Waals surface area contributed by atoms with E-state index in [-0.39, 0.29) is 23.3 Å². The fourth-order valence-electron chi connectivity index (χ4n) is 4.74. The van der Waals surface area contributed by atoms with E-state index in [0.717, 1.165) is 10.6 Å². The van der Waals surface area contributed by atoms with Gasteiger partial charge >= 0.3 is 6.18 Å². The van der Waals surface area contributed by atoms with Crippen LogP contribution in [-0.4, -0.2) is 52.5 Å². The lowest BCUT2D eigenvalue weighted by molar-refractivity contribution is -0.178. The lowest BCUT2D eigenvalue weighted by Gasteiger charge is -2.51. The molecule has 9 heteroatoms. The van der Waals surface area contributed by atoms with Gasteiger partial charge < -0.3 is 4.90 Å². The van der Waals surface area contributed by atoms with Gasteiger partial charge in [0.1, 0.15) is 6.54 Å². The van der Waals surface area contributed by atoms with Crippen LogP contribution in [0.1, 0.15) is 24.5 Å². The molecule has 142 valence electrons. The Balaban J connectivity index is 1.66. The largest absolute Gasteiger partial charge is 0.406 e. The zero-order valence-corrected chi connectivity index (χ0v) is 14.7. The molecule has 0 bridgehead atoms. The molecule has 3 heterocycles. The normalized spacial score (nSPS) is 37.4. The second-order valence-corrected chi connectivity index (χ2v) is 7.88. The first-order chi connectivity index (χ1) is 12.3. The molecule has 2 N–H and O–H groups in total. The summed E-state index contributed by atoms with van der Waals surface area (Å²) in [4.78, 5) is 18.1.